The van der Waals surface area contributed by atoms with Crippen molar-refractivity contribution in [2.45, 2.75) is 31.5 Å². The molecule has 0 spiro atoms. The van der Waals surface area contributed by atoms with Crippen LogP contribution in [-0.2, 0) is 14.3 Å². The standard InChI is InChI=1S/C22H20O11/c1-9(23)32-21-20(29)15(27)8-31-22(21)33-17-6-11(24)5-16-18(17)19(28)12(7-30-16)10-2-3-13(25)14(26)4-10/h2-7,15,20-22,24-27,29H,8H2,1H3. The first-order valence-corrected chi connectivity index (χ1v) is 9.78. The summed E-state index contributed by atoms with van der Waals surface area (Å²) in [7, 11) is 0. The minimum atomic E-state index is -1.52. The van der Waals surface area contributed by atoms with E-state index in [9.17, 15) is 35.1 Å². The summed E-state index contributed by atoms with van der Waals surface area (Å²) in [6.45, 7) is 0.759. The van der Waals surface area contributed by atoms with E-state index in [0.717, 1.165) is 19.3 Å². The van der Waals surface area contributed by atoms with Crippen molar-refractivity contribution in [3.63, 3.8) is 0 Å². The molecule has 3 aromatic rings. The van der Waals surface area contributed by atoms with E-state index >= 15 is 0 Å². The van der Waals surface area contributed by atoms with Crippen LogP contribution in [0.1, 0.15) is 6.92 Å². The highest BCUT2D eigenvalue weighted by molar-refractivity contribution is 5.88. The van der Waals surface area contributed by atoms with Crippen LogP contribution in [0.2, 0.25) is 0 Å². The zero-order valence-corrected chi connectivity index (χ0v) is 17.2. The highest BCUT2D eigenvalue weighted by atomic mass is 16.7. The van der Waals surface area contributed by atoms with Gasteiger partial charge in [-0.15, -0.1) is 0 Å². The fourth-order valence-corrected chi connectivity index (χ4v) is 3.50. The minimum Gasteiger partial charge on any atom is -0.508 e. The molecule has 1 aromatic heterocycles. The number of esters is 1. The molecule has 33 heavy (non-hydrogen) atoms. The molecule has 11 nitrogen and oxygen atoms in total. The summed E-state index contributed by atoms with van der Waals surface area (Å²) in [5.74, 6) is -2.09. The maximum absolute atomic E-state index is 13.3. The number of ether oxygens (including phenoxy) is 3. The normalized spacial score (nSPS) is 22.8. The van der Waals surface area contributed by atoms with Crippen LogP contribution in [0.3, 0.4) is 0 Å². The van der Waals surface area contributed by atoms with Gasteiger partial charge in [0.25, 0.3) is 0 Å². The van der Waals surface area contributed by atoms with Gasteiger partial charge in [-0.3, -0.25) is 9.59 Å². The molecule has 2 heterocycles. The average Bonchev–Trinajstić information content (AvgIpc) is 2.75. The predicted octanol–water partition coefficient (Wildman–Crippen LogP) is 0.965. The van der Waals surface area contributed by atoms with Gasteiger partial charge in [0.15, 0.2) is 17.6 Å². The Morgan fingerprint density at radius 1 is 1.09 bits per heavy atom. The minimum absolute atomic E-state index is 0.0184. The molecular formula is C22H20O11. The summed E-state index contributed by atoms with van der Waals surface area (Å²) in [6, 6.07) is 6.07. The second-order valence-corrected chi connectivity index (χ2v) is 7.45. The average molecular weight is 460 g/mol. The van der Waals surface area contributed by atoms with Crippen molar-refractivity contribution >= 4 is 16.9 Å². The zero-order chi connectivity index (χ0) is 23.9. The Labute approximate surface area is 185 Å². The number of carbonyl (C=O) groups is 1. The number of rotatable bonds is 4. The van der Waals surface area contributed by atoms with Crippen LogP contribution in [0.15, 0.2) is 45.8 Å². The molecule has 1 saturated heterocycles. The lowest BCUT2D eigenvalue weighted by Crippen LogP contribution is -2.56. The van der Waals surface area contributed by atoms with Crippen LogP contribution < -0.4 is 10.2 Å². The van der Waals surface area contributed by atoms with Crippen molar-refractivity contribution in [2.24, 2.45) is 0 Å². The van der Waals surface area contributed by atoms with E-state index < -0.39 is 41.7 Å². The number of hydrogen-bond acceptors (Lipinski definition) is 11. The van der Waals surface area contributed by atoms with Gasteiger partial charge in [0.1, 0.15) is 40.9 Å². The molecule has 1 aliphatic heterocycles. The monoisotopic (exact) mass is 460 g/mol. The molecule has 2 aromatic carbocycles. The molecule has 0 amide bonds. The number of hydrogen-bond donors (Lipinski definition) is 5. The number of phenols is 3. The summed E-state index contributed by atoms with van der Waals surface area (Å²) >= 11 is 0. The van der Waals surface area contributed by atoms with Gasteiger partial charge in [0, 0.05) is 19.1 Å². The van der Waals surface area contributed by atoms with Crippen molar-refractivity contribution < 1.29 is 49.0 Å². The molecule has 4 unspecified atom stereocenters. The van der Waals surface area contributed by atoms with Gasteiger partial charge in [-0.1, -0.05) is 6.07 Å². The second-order valence-electron chi connectivity index (χ2n) is 7.45. The summed E-state index contributed by atoms with van der Waals surface area (Å²) in [4.78, 5) is 24.8. The van der Waals surface area contributed by atoms with E-state index in [2.05, 4.69) is 0 Å². The third kappa shape index (κ3) is 4.29. The summed E-state index contributed by atoms with van der Waals surface area (Å²) in [6.07, 6.45) is -4.58. The van der Waals surface area contributed by atoms with Crippen molar-refractivity contribution in [1.82, 2.24) is 0 Å². The maximum Gasteiger partial charge on any atom is 0.303 e. The van der Waals surface area contributed by atoms with Gasteiger partial charge in [0.2, 0.25) is 11.7 Å². The lowest BCUT2D eigenvalue weighted by molar-refractivity contribution is -0.250. The fourth-order valence-electron chi connectivity index (χ4n) is 3.50. The number of phenolic OH excluding ortho intramolecular Hbond substituents is 3. The maximum atomic E-state index is 13.3. The van der Waals surface area contributed by atoms with E-state index in [1.165, 1.54) is 24.3 Å². The highest BCUT2D eigenvalue weighted by Crippen LogP contribution is 2.34. The number of benzene rings is 2. The van der Waals surface area contributed by atoms with Gasteiger partial charge in [-0.2, -0.15) is 0 Å². The number of aliphatic hydroxyl groups is 2. The van der Waals surface area contributed by atoms with Crippen LogP contribution in [0.25, 0.3) is 22.1 Å². The van der Waals surface area contributed by atoms with E-state index in [0.29, 0.717) is 0 Å². The molecule has 4 rings (SSSR count). The quantitative estimate of drug-likeness (QED) is 0.277. The molecule has 11 heteroatoms. The molecular weight excluding hydrogens is 440 g/mol. The number of carbonyl (C=O) groups excluding carboxylic acids is 1. The van der Waals surface area contributed by atoms with Crippen molar-refractivity contribution in [2.75, 3.05) is 6.61 Å². The highest BCUT2D eigenvalue weighted by Gasteiger charge is 2.43. The summed E-state index contributed by atoms with van der Waals surface area (Å²) < 4.78 is 21.6. The summed E-state index contributed by atoms with van der Waals surface area (Å²) in [5, 5.41) is 49.4. The Morgan fingerprint density at radius 2 is 1.85 bits per heavy atom. The third-order valence-corrected chi connectivity index (χ3v) is 5.09. The molecule has 0 saturated carbocycles. The van der Waals surface area contributed by atoms with Crippen molar-refractivity contribution in [3.8, 4) is 34.1 Å². The van der Waals surface area contributed by atoms with Gasteiger partial charge >= 0.3 is 5.97 Å². The van der Waals surface area contributed by atoms with Crippen LogP contribution in [0, 0.1) is 0 Å². The first-order chi connectivity index (χ1) is 15.7. The summed E-state index contributed by atoms with van der Waals surface area (Å²) in [5.41, 5.74) is -0.380. The van der Waals surface area contributed by atoms with Crippen molar-refractivity contribution in [3.05, 3.63) is 46.8 Å². The molecule has 1 fully saturated rings. The third-order valence-electron chi connectivity index (χ3n) is 5.09. The topological polar surface area (TPSA) is 176 Å². The lowest BCUT2D eigenvalue weighted by Gasteiger charge is -2.37. The molecule has 1 aliphatic rings. The Kier molecular flexibility index (Phi) is 5.85. The van der Waals surface area contributed by atoms with E-state index in [-0.39, 0.29) is 46.0 Å². The first kappa shape index (κ1) is 22.4. The second kappa shape index (κ2) is 8.62. The van der Waals surface area contributed by atoms with Crippen LogP contribution in [-0.4, -0.2) is 62.7 Å². The van der Waals surface area contributed by atoms with Gasteiger partial charge in [0.05, 0.1) is 12.2 Å². The van der Waals surface area contributed by atoms with E-state index in [1.807, 2.05) is 0 Å². The fraction of sp³-hybridized carbons (Fsp3) is 0.273. The Bertz CT molecular complexity index is 1270. The Morgan fingerprint density at radius 3 is 2.55 bits per heavy atom. The van der Waals surface area contributed by atoms with E-state index in [1.54, 1.807) is 0 Å². The number of aliphatic hydroxyl groups excluding tert-OH is 2. The Balaban J connectivity index is 1.80. The van der Waals surface area contributed by atoms with Gasteiger partial charge in [-0.05, 0) is 17.7 Å². The predicted molar refractivity (Wildman–Crippen MR) is 111 cm³/mol. The van der Waals surface area contributed by atoms with E-state index in [4.69, 9.17) is 18.6 Å². The van der Waals surface area contributed by atoms with Crippen LogP contribution >= 0.6 is 0 Å². The first-order valence-electron chi connectivity index (χ1n) is 9.78. The molecule has 0 aliphatic carbocycles. The number of fused-ring (bicyclic) bond motifs is 1. The van der Waals surface area contributed by atoms with Crippen LogP contribution in [0.5, 0.6) is 23.0 Å². The largest absolute Gasteiger partial charge is 0.508 e. The molecule has 4 atom stereocenters. The number of aromatic hydroxyl groups is 3. The SMILES string of the molecule is CC(=O)OC1C(Oc2cc(O)cc3occ(-c4ccc(O)c(O)c4)c(=O)c23)OCC(O)C1O. The molecule has 174 valence electrons. The van der Waals surface area contributed by atoms with Crippen LogP contribution in [0.4, 0.5) is 0 Å². The molecule has 0 radical (unpaired) electrons. The lowest BCUT2D eigenvalue weighted by atomic mass is 10.0. The molecule has 5 N–H and O–H groups in total. The molecule has 0 bridgehead atoms. The van der Waals surface area contributed by atoms with Crippen molar-refractivity contribution in [1.29, 1.82) is 0 Å². The van der Waals surface area contributed by atoms with Gasteiger partial charge in [-0.25, -0.2) is 0 Å². The smallest absolute Gasteiger partial charge is 0.303 e. The zero-order valence-electron chi connectivity index (χ0n) is 17.2. The van der Waals surface area contributed by atoms with Gasteiger partial charge < -0.3 is 44.2 Å². The Hall–Kier alpha value is -3.80.